The zero-order valence-electron chi connectivity index (χ0n) is 12.9. The molecule has 3 rings (SSSR count). The van der Waals surface area contributed by atoms with Crippen LogP contribution in [0.4, 0.5) is 5.69 Å². The number of anilines is 1. The highest BCUT2D eigenvalue weighted by molar-refractivity contribution is 9.10. The Hall–Kier alpha value is -2.67. The van der Waals surface area contributed by atoms with Crippen molar-refractivity contribution in [1.29, 1.82) is 0 Å². The summed E-state index contributed by atoms with van der Waals surface area (Å²) >= 11 is 3.16. The van der Waals surface area contributed by atoms with Crippen molar-refractivity contribution in [3.63, 3.8) is 0 Å². The number of benzene rings is 1. The highest BCUT2D eigenvalue weighted by Gasteiger charge is 2.15. The molecule has 0 unspecified atom stereocenters. The van der Waals surface area contributed by atoms with E-state index in [9.17, 15) is 9.59 Å². The molecule has 122 valence electrons. The van der Waals surface area contributed by atoms with E-state index in [0.29, 0.717) is 26.8 Å². The Morgan fingerprint density at radius 1 is 1.21 bits per heavy atom. The zero-order valence-corrected chi connectivity index (χ0v) is 14.5. The number of halogens is 1. The van der Waals surface area contributed by atoms with Crippen LogP contribution in [-0.4, -0.2) is 24.0 Å². The van der Waals surface area contributed by atoms with Crippen molar-refractivity contribution in [2.75, 3.05) is 12.4 Å². The van der Waals surface area contributed by atoms with Crippen LogP contribution in [0.25, 0.3) is 10.9 Å². The number of aromatic nitrogens is 1. The highest BCUT2D eigenvalue weighted by atomic mass is 79.9. The molecule has 0 fully saturated rings. The average molecular weight is 389 g/mol. The summed E-state index contributed by atoms with van der Waals surface area (Å²) in [6.07, 6.45) is 0. The second-order valence-electron chi connectivity index (χ2n) is 5.09. The number of pyridine rings is 1. The second kappa shape index (κ2) is 6.45. The van der Waals surface area contributed by atoms with E-state index in [4.69, 9.17) is 9.15 Å². The van der Waals surface area contributed by atoms with E-state index in [1.165, 1.54) is 7.11 Å². The lowest BCUT2D eigenvalue weighted by Crippen LogP contribution is -2.12. The molecule has 0 aliphatic carbocycles. The summed E-state index contributed by atoms with van der Waals surface area (Å²) in [6, 6.07) is 9.93. The molecule has 2 aromatic heterocycles. The molecule has 7 heteroatoms. The number of carbonyl (C=O) groups is 2. The van der Waals surface area contributed by atoms with Crippen LogP contribution in [0.2, 0.25) is 0 Å². The molecular weight excluding hydrogens is 376 g/mol. The van der Waals surface area contributed by atoms with Crippen LogP contribution in [0.5, 0.6) is 0 Å². The zero-order chi connectivity index (χ0) is 17.3. The summed E-state index contributed by atoms with van der Waals surface area (Å²) in [6.45, 7) is 1.83. The summed E-state index contributed by atoms with van der Waals surface area (Å²) < 4.78 is 10.5. The van der Waals surface area contributed by atoms with Gasteiger partial charge in [0.2, 0.25) is 0 Å². The fraction of sp³-hybridized carbons (Fsp3) is 0.118. The summed E-state index contributed by atoms with van der Waals surface area (Å²) in [5, 5.41) is 3.44. The van der Waals surface area contributed by atoms with Gasteiger partial charge in [0.15, 0.2) is 10.4 Å². The first kappa shape index (κ1) is 16.2. The fourth-order valence-corrected chi connectivity index (χ4v) is 2.63. The van der Waals surface area contributed by atoms with Gasteiger partial charge in [0.05, 0.1) is 23.9 Å². The molecule has 0 spiro atoms. The van der Waals surface area contributed by atoms with Crippen LogP contribution < -0.4 is 5.32 Å². The maximum atomic E-state index is 12.3. The molecular formula is C17H13BrN2O4. The van der Waals surface area contributed by atoms with Crippen LogP contribution >= 0.6 is 15.9 Å². The average Bonchev–Trinajstić information content (AvgIpc) is 3.00. The number of amides is 1. The molecule has 24 heavy (non-hydrogen) atoms. The largest absolute Gasteiger partial charge is 0.465 e. The van der Waals surface area contributed by atoms with Gasteiger partial charge in [-0.1, -0.05) is 0 Å². The van der Waals surface area contributed by atoms with E-state index in [1.54, 1.807) is 36.4 Å². The number of esters is 1. The van der Waals surface area contributed by atoms with Crippen LogP contribution in [-0.2, 0) is 4.74 Å². The lowest BCUT2D eigenvalue weighted by atomic mass is 10.1. The van der Waals surface area contributed by atoms with Gasteiger partial charge in [0.25, 0.3) is 5.91 Å². The smallest absolute Gasteiger partial charge is 0.337 e. The number of rotatable bonds is 3. The SMILES string of the molecule is COC(=O)c1ccc2nc(C)cc(NC(=O)c3ccc(Br)o3)c2c1. The van der Waals surface area contributed by atoms with Gasteiger partial charge in [-0.15, -0.1) is 0 Å². The van der Waals surface area contributed by atoms with Crippen LogP contribution in [0.3, 0.4) is 0 Å². The Bertz CT molecular complexity index is 949. The molecule has 0 saturated carbocycles. The normalized spacial score (nSPS) is 10.6. The van der Waals surface area contributed by atoms with Crippen molar-refractivity contribution in [1.82, 2.24) is 4.98 Å². The van der Waals surface area contributed by atoms with Gasteiger partial charge in [-0.25, -0.2) is 4.79 Å². The molecule has 1 amide bonds. The van der Waals surface area contributed by atoms with E-state index in [0.717, 1.165) is 5.69 Å². The summed E-state index contributed by atoms with van der Waals surface area (Å²) in [5.41, 5.74) is 2.33. The fourth-order valence-electron chi connectivity index (χ4n) is 2.33. The minimum Gasteiger partial charge on any atom is -0.465 e. The Labute approximate surface area is 145 Å². The minimum atomic E-state index is -0.454. The van der Waals surface area contributed by atoms with Gasteiger partial charge >= 0.3 is 5.97 Å². The topological polar surface area (TPSA) is 81.4 Å². The third-order valence-electron chi connectivity index (χ3n) is 3.40. The first-order chi connectivity index (χ1) is 11.5. The lowest BCUT2D eigenvalue weighted by molar-refractivity contribution is 0.0601. The Morgan fingerprint density at radius 3 is 2.67 bits per heavy atom. The summed E-state index contributed by atoms with van der Waals surface area (Å²) in [5.74, 6) is -0.672. The van der Waals surface area contributed by atoms with Gasteiger partial charge in [-0.2, -0.15) is 0 Å². The molecule has 0 aliphatic heterocycles. The van der Waals surface area contributed by atoms with Gasteiger partial charge in [-0.05, 0) is 59.3 Å². The van der Waals surface area contributed by atoms with Crippen molar-refractivity contribution in [3.8, 4) is 0 Å². The molecule has 0 aliphatic rings. The number of nitrogens with zero attached hydrogens (tertiary/aromatic N) is 1. The van der Waals surface area contributed by atoms with Gasteiger partial charge in [0.1, 0.15) is 0 Å². The van der Waals surface area contributed by atoms with E-state index < -0.39 is 11.9 Å². The number of hydrogen-bond acceptors (Lipinski definition) is 5. The number of nitrogens with one attached hydrogen (secondary N) is 1. The molecule has 0 radical (unpaired) electrons. The number of aryl methyl sites for hydroxylation is 1. The Balaban J connectivity index is 2.05. The Morgan fingerprint density at radius 2 is 2.00 bits per heavy atom. The van der Waals surface area contributed by atoms with E-state index in [2.05, 4.69) is 26.2 Å². The highest BCUT2D eigenvalue weighted by Crippen LogP contribution is 2.26. The molecule has 0 bridgehead atoms. The third kappa shape index (κ3) is 3.16. The standard InChI is InChI=1S/C17H13BrN2O4/c1-9-7-13(20-16(21)14-5-6-15(18)24-14)11-8-10(17(22)23-2)3-4-12(11)19-9/h3-8H,1-2H3,(H,19,20,21). The third-order valence-corrected chi connectivity index (χ3v) is 3.83. The molecule has 2 heterocycles. The molecule has 3 aromatic rings. The lowest BCUT2D eigenvalue weighted by Gasteiger charge is -2.10. The van der Waals surface area contributed by atoms with Crippen molar-refractivity contribution < 1.29 is 18.7 Å². The van der Waals surface area contributed by atoms with Gasteiger partial charge in [-0.3, -0.25) is 9.78 Å². The maximum Gasteiger partial charge on any atom is 0.337 e. The van der Waals surface area contributed by atoms with Crippen molar-refractivity contribution in [2.45, 2.75) is 6.92 Å². The Kier molecular flexibility index (Phi) is 4.35. The monoisotopic (exact) mass is 388 g/mol. The van der Waals surface area contributed by atoms with Crippen molar-refractivity contribution >= 4 is 44.4 Å². The maximum absolute atomic E-state index is 12.3. The molecule has 1 N–H and O–H groups in total. The summed E-state index contributed by atoms with van der Waals surface area (Å²) in [4.78, 5) is 28.5. The summed E-state index contributed by atoms with van der Waals surface area (Å²) in [7, 11) is 1.32. The number of carbonyl (C=O) groups excluding carboxylic acids is 2. The molecule has 1 aromatic carbocycles. The minimum absolute atomic E-state index is 0.175. The van der Waals surface area contributed by atoms with Gasteiger partial charge < -0.3 is 14.5 Å². The van der Waals surface area contributed by atoms with E-state index in [1.807, 2.05) is 6.92 Å². The number of hydrogen-bond donors (Lipinski definition) is 1. The second-order valence-corrected chi connectivity index (χ2v) is 5.87. The van der Waals surface area contributed by atoms with Crippen molar-refractivity contribution in [3.05, 3.63) is 58.1 Å². The number of methoxy groups -OCH3 is 1. The van der Waals surface area contributed by atoms with E-state index in [-0.39, 0.29) is 5.76 Å². The van der Waals surface area contributed by atoms with Crippen LogP contribution in [0.1, 0.15) is 26.6 Å². The number of ether oxygens (including phenoxy) is 1. The molecule has 0 atom stereocenters. The van der Waals surface area contributed by atoms with Crippen LogP contribution in [0.15, 0.2) is 45.5 Å². The van der Waals surface area contributed by atoms with Gasteiger partial charge in [0, 0.05) is 11.1 Å². The first-order valence-electron chi connectivity index (χ1n) is 7.04. The first-order valence-corrected chi connectivity index (χ1v) is 7.83. The predicted molar refractivity (Wildman–Crippen MR) is 92.2 cm³/mol. The molecule has 6 nitrogen and oxygen atoms in total. The molecule has 0 saturated heterocycles. The van der Waals surface area contributed by atoms with Crippen LogP contribution in [0, 0.1) is 6.92 Å². The number of furan rings is 1. The van der Waals surface area contributed by atoms with Crippen molar-refractivity contribution in [2.24, 2.45) is 0 Å². The quantitative estimate of drug-likeness (QED) is 0.687. The number of fused-ring (bicyclic) bond motifs is 1. The van der Waals surface area contributed by atoms with E-state index >= 15 is 0 Å². The predicted octanol–water partition coefficient (Wildman–Crippen LogP) is 3.94.